The summed E-state index contributed by atoms with van der Waals surface area (Å²) in [6, 6.07) is 1.42. The Kier molecular flexibility index (Phi) is 3.51. The molecule has 2 fully saturated rings. The number of ether oxygens (including phenoxy) is 2. The summed E-state index contributed by atoms with van der Waals surface area (Å²) in [4.78, 5) is 12.1. The smallest absolute Gasteiger partial charge is 0.355 e. The lowest BCUT2D eigenvalue weighted by atomic mass is 9.93. The van der Waals surface area contributed by atoms with Gasteiger partial charge in [-0.1, -0.05) is 0 Å². The van der Waals surface area contributed by atoms with E-state index >= 15 is 0 Å². The molecular formula is C12H14ClNO5S. The van der Waals surface area contributed by atoms with Crippen molar-refractivity contribution < 1.29 is 22.7 Å². The minimum atomic E-state index is -3.86. The van der Waals surface area contributed by atoms with E-state index in [9.17, 15) is 13.2 Å². The molecule has 2 aliphatic rings. The van der Waals surface area contributed by atoms with Gasteiger partial charge in [0.15, 0.2) is 0 Å². The average Bonchev–Trinajstić information content (AvgIpc) is 2.65. The number of carbonyl (C=O) groups is 1. The van der Waals surface area contributed by atoms with Gasteiger partial charge in [0.25, 0.3) is 9.05 Å². The molecule has 2 heterocycles. The first kappa shape index (κ1) is 13.9. The van der Waals surface area contributed by atoms with Crippen LogP contribution in [0.4, 0.5) is 0 Å². The zero-order chi connectivity index (χ0) is 14.3. The quantitative estimate of drug-likeness (QED) is 0.623. The third-order valence-electron chi connectivity index (χ3n) is 3.66. The number of nitrogens with zero attached hydrogens (tertiary/aromatic N) is 1. The fourth-order valence-corrected chi connectivity index (χ4v) is 2.96. The summed E-state index contributed by atoms with van der Waals surface area (Å²) < 4.78 is 34.7. The molecule has 6 nitrogen and oxygen atoms in total. The van der Waals surface area contributed by atoms with E-state index in [1.807, 2.05) is 0 Å². The summed E-state index contributed by atoms with van der Waals surface area (Å²) in [5.74, 6) is -0.531. The molecule has 1 saturated heterocycles. The van der Waals surface area contributed by atoms with Gasteiger partial charge in [-0.05, 0) is 25.3 Å². The van der Waals surface area contributed by atoms with Gasteiger partial charge in [0.1, 0.15) is 16.7 Å². The summed E-state index contributed by atoms with van der Waals surface area (Å²) in [7, 11) is 1.49. The number of aromatic nitrogens is 1. The van der Waals surface area contributed by atoms with Crippen LogP contribution in [0.3, 0.4) is 0 Å². The molecule has 0 spiro atoms. The van der Waals surface area contributed by atoms with Crippen LogP contribution in [0.15, 0.2) is 17.2 Å². The van der Waals surface area contributed by atoms with E-state index in [0.29, 0.717) is 13.2 Å². The number of esters is 1. The molecule has 0 atom stereocenters. The molecule has 0 unspecified atom stereocenters. The van der Waals surface area contributed by atoms with Crippen LogP contribution in [0.25, 0.3) is 0 Å². The molecule has 0 radical (unpaired) electrons. The van der Waals surface area contributed by atoms with Crippen molar-refractivity contribution in [1.29, 1.82) is 0 Å². The van der Waals surface area contributed by atoms with E-state index in [4.69, 9.17) is 20.2 Å². The summed E-state index contributed by atoms with van der Waals surface area (Å²) in [5, 5.41) is 0. The van der Waals surface area contributed by atoms with Crippen molar-refractivity contribution in [3.8, 4) is 0 Å². The lowest BCUT2D eigenvalue weighted by Gasteiger charge is -2.30. The minimum Gasteiger partial charge on any atom is -0.453 e. The Labute approximate surface area is 121 Å². The highest BCUT2D eigenvalue weighted by Crippen LogP contribution is 2.35. The highest BCUT2D eigenvalue weighted by atomic mass is 35.7. The van der Waals surface area contributed by atoms with Crippen LogP contribution in [-0.4, -0.2) is 38.3 Å². The largest absolute Gasteiger partial charge is 0.453 e. The van der Waals surface area contributed by atoms with E-state index in [0.717, 1.165) is 19.3 Å². The predicted molar refractivity (Wildman–Crippen MR) is 70.4 cm³/mol. The highest BCUT2D eigenvalue weighted by Gasteiger charge is 2.30. The Morgan fingerprint density at radius 3 is 2.55 bits per heavy atom. The minimum absolute atomic E-state index is 0.0668. The Balaban J connectivity index is 1.90. The van der Waals surface area contributed by atoms with Crippen molar-refractivity contribution in [1.82, 2.24) is 4.57 Å². The van der Waals surface area contributed by atoms with Gasteiger partial charge in [-0.25, -0.2) is 13.2 Å². The van der Waals surface area contributed by atoms with Crippen molar-refractivity contribution in [3.63, 3.8) is 0 Å². The maximum absolute atomic E-state index is 12.1. The van der Waals surface area contributed by atoms with Crippen LogP contribution >= 0.6 is 10.7 Å². The Hall–Kier alpha value is -1.05. The van der Waals surface area contributed by atoms with Gasteiger partial charge in [-0.3, -0.25) is 0 Å². The lowest BCUT2D eigenvalue weighted by Crippen LogP contribution is -2.38. The van der Waals surface area contributed by atoms with Crippen LogP contribution in [0.1, 0.15) is 35.8 Å². The Morgan fingerprint density at radius 2 is 2.10 bits per heavy atom. The maximum atomic E-state index is 12.1. The summed E-state index contributed by atoms with van der Waals surface area (Å²) in [6.07, 6.45) is 4.08. The van der Waals surface area contributed by atoms with Gasteiger partial charge in [0.2, 0.25) is 0 Å². The van der Waals surface area contributed by atoms with Gasteiger partial charge in [-0.2, -0.15) is 0 Å². The molecule has 0 bridgehead atoms. The van der Waals surface area contributed by atoms with Crippen LogP contribution < -0.4 is 0 Å². The molecule has 20 heavy (non-hydrogen) atoms. The summed E-state index contributed by atoms with van der Waals surface area (Å²) in [6.45, 7) is 0.771. The third-order valence-corrected chi connectivity index (χ3v) is 4.98. The number of hydrogen-bond donors (Lipinski definition) is 0. The number of carbonyl (C=O) groups excluding carboxylic acids is 1. The lowest BCUT2D eigenvalue weighted by molar-refractivity contribution is -0.104. The van der Waals surface area contributed by atoms with Gasteiger partial charge < -0.3 is 14.0 Å². The van der Waals surface area contributed by atoms with Crippen molar-refractivity contribution in [2.24, 2.45) is 0 Å². The topological polar surface area (TPSA) is 74.6 Å². The van der Waals surface area contributed by atoms with Gasteiger partial charge in [-0.15, -0.1) is 0 Å². The van der Waals surface area contributed by atoms with Gasteiger partial charge >= 0.3 is 5.97 Å². The van der Waals surface area contributed by atoms with Crippen LogP contribution in [0.2, 0.25) is 0 Å². The molecule has 0 aromatic carbocycles. The second kappa shape index (κ2) is 5.05. The first-order valence-corrected chi connectivity index (χ1v) is 8.71. The highest BCUT2D eigenvalue weighted by molar-refractivity contribution is 8.13. The molecule has 110 valence electrons. The number of hydrogen-bond acceptors (Lipinski definition) is 5. The first-order chi connectivity index (χ1) is 9.45. The number of rotatable bonds is 4. The van der Waals surface area contributed by atoms with Crippen LogP contribution in [0.5, 0.6) is 0 Å². The molecule has 1 aromatic rings. The Bertz CT molecular complexity index is 630. The average molecular weight is 320 g/mol. The van der Waals surface area contributed by atoms with E-state index < -0.39 is 15.0 Å². The zero-order valence-electron chi connectivity index (χ0n) is 10.6. The molecule has 0 N–H and O–H groups in total. The standard InChI is InChI=1S/C12H14ClNO5S/c13-20(16,17)10-4-11(12(15)19-9-6-18-7-9)14(5-10)8-2-1-3-8/h4-5,8-9H,1-3,6-7H2. The molecular weight excluding hydrogens is 306 g/mol. The second-order valence-corrected chi connectivity index (χ2v) is 7.62. The van der Waals surface area contributed by atoms with Crippen molar-refractivity contribution in [2.45, 2.75) is 36.3 Å². The third kappa shape index (κ3) is 2.57. The van der Waals surface area contributed by atoms with E-state index in [1.54, 1.807) is 4.57 Å². The molecule has 3 rings (SSSR count). The molecule has 8 heteroatoms. The first-order valence-electron chi connectivity index (χ1n) is 6.40. The molecule has 1 aliphatic carbocycles. The maximum Gasteiger partial charge on any atom is 0.355 e. The molecule has 0 amide bonds. The van der Waals surface area contributed by atoms with Crippen LogP contribution in [0, 0.1) is 0 Å². The van der Waals surface area contributed by atoms with Crippen molar-refractivity contribution in [2.75, 3.05) is 13.2 Å². The normalized spacial score (nSPS) is 20.2. The monoisotopic (exact) mass is 319 g/mol. The van der Waals surface area contributed by atoms with Gasteiger partial charge in [0.05, 0.1) is 13.2 Å². The summed E-state index contributed by atoms with van der Waals surface area (Å²) in [5.41, 5.74) is 0.237. The van der Waals surface area contributed by atoms with Gasteiger partial charge in [0, 0.05) is 22.9 Å². The van der Waals surface area contributed by atoms with E-state index in [-0.39, 0.29) is 22.7 Å². The van der Waals surface area contributed by atoms with Crippen molar-refractivity contribution >= 4 is 25.7 Å². The second-order valence-electron chi connectivity index (χ2n) is 5.06. The molecule has 1 aliphatic heterocycles. The van der Waals surface area contributed by atoms with Crippen LogP contribution in [-0.2, 0) is 18.5 Å². The van der Waals surface area contributed by atoms with E-state index in [1.165, 1.54) is 12.3 Å². The fourth-order valence-electron chi connectivity index (χ4n) is 2.21. The van der Waals surface area contributed by atoms with E-state index in [2.05, 4.69) is 0 Å². The predicted octanol–water partition coefficient (Wildman–Crippen LogP) is 1.70. The Morgan fingerprint density at radius 1 is 1.40 bits per heavy atom. The fraction of sp³-hybridized carbons (Fsp3) is 0.583. The summed E-state index contributed by atoms with van der Waals surface area (Å²) >= 11 is 0. The molecule has 1 aromatic heterocycles. The number of halogens is 1. The molecule has 1 saturated carbocycles. The van der Waals surface area contributed by atoms with Crippen molar-refractivity contribution in [3.05, 3.63) is 18.0 Å². The zero-order valence-corrected chi connectivity index (χ0v) is 12.2. The SMILES string of the molecule is O=C(OC1COC1)c1cc(S(=O)(=O)Cl)cn1C1CCC1.